The predicted molar refractivity (Wildman–Crippen MR) is 80.8 cm³/mol. The minimum atomic E-state index is -0.728. The van der Waals surface area contributed by atoms with E-state index in [1.54, 1.807) is 6.33 Å². The van der Waals surface area contributed by atoms with E-state index < -0.39 is 5.54 Å². The van der Waals surface area contributed by atoms with Crippen LogP contribution in [0.5, 0.6) is 0 Å². The fourth-order valence-electron chi connectivity index (χ4n) is 3.41. The summed E-state index contributed by atoms with van der Waals surface area (Å²) in [6.07, 6.45) is 6.91. The molecule has 114 valence electrons. The minimum Gasteiger partial charge on any atom is -0.370 e. The molecule has 4 heterocycles. The number of amides is 3. The van der Waals surface area contributed by atoms with Crippen molar-refractivity contribution in [1.29, 1.82) is 0 Å². The third kappa shape index (κ3) is 1.85. The van der Waals surface area contributed by atoms with E-state index >= 15 is 0 Å². The molecule has 2 aromatic heterocycles. The van der Waals surface area contributed by atoms with Gasteiger partial charge in [0.25, 0.3) is 5.91 Å². The van der Waals surface area contributed by atoms with Crippen LogP contribution in [0.2, 0.25) is 0 Å². The zero-order valence-electron chi connectivity index (χ0n) is 12.3. The molecule has 3 amide bonds. The first-order chi connectivity index (χ1) is 10.6. The van der Waals surface area contributed by atoms with Crippen molar-refractivity contribution < 1.29 is 9.59 Å². The number of aryl methyl sites for hydroxylation is 1. The Balaban J connectivity index is 1.62. The number of nitrogens with one attached hydrogen (secondary N) is 2. The SMILES string of the molecule is Cc1cc(N2CCC3(CC2)NC(=O)NC3=O)c2cncn2c1. The maximum atomic E-state index is 12.0. The van der Waals surface area contributed by atoms with Gasteiger partial charge in [0, 0.05) is 19.3 Å². The van der Waals surface area contributed by atoms with E-state index in [4.69, 9.17) is 0 Å². The van der Waals surface area contributed by atoms with E-state index in [-0.39, 0.29) is 11.9 Å². The molecule has 2 N–H and O–H groups in total. The molecule has 1 spiro atoms. The van der Waals surface area contributed by atoms with Gasteiger partial charge in [0.15, 0.2) is 0 Å². The average molecular weight is 299 g/mol. The van der Waals surface area contributed by atoms with Gasteiger partial charge >= 0.3 is 6.03 Å². The molecule has 0 unspecified atom stereocenters. The van der Waals surface area contributed by atoms with E-state index in [0.717, 1.165) is 29.9 Å². The number of hydrogen-bond acceptors (Lipinski definition) is 4. The number of aromatic nitrogens is 2. The lowest BCUT2D eigenvalue weighted by atomic mass is 9.87. The van der Waals surface area contributed by atoms with Crippen molar-refractivity contribution in [2.45, 2.75) is 25.3 Å². The number of urea groups is 1. The summed E-state index contributed by atoms with van der Waals surface area (Å²) in [5.41, 5.74) is 2.61. The summed E-state index contributed by atoms with van der Waals surface area (Å²) in [5, 5.41) is 5.14. The molecule has 2 fully saturated rings. The van der Waals surface area contributed by atoms with Crippen LogP contribution in [-0.2, 0) is 4.79 Å². The van der Waals surface area contributed by atoms with Gasteiger partial charge in [0.05, 0.1) is 23.7 Å². The Morgan fingerprint density at radius 2 is 2.05 bits per heavy atom. The van der Waals surface area contributed by atoms with E-state index in [2.05, 4.69) is 33.5 Å². The molecule has 7 heteroatoms. The largest absolute Gasteiger partial charge is 0.370 e. The molecule has 2 saturated heterocycles. The lowest BCUT2D eigenvalue weighted by Gasteiger charge is -2.38. The Morgan fingerprint density at radius 3 is 2.73 bits per heavy atom. The molecule has 0 aliphatic carbocycles. The zero-order valence-corrected chi connectivity index (χ0v) is 12.3. The van der Waals surface area contributed by atoms with Crippen molar-refractivity contribution in [1.82, 2.24) is 20.0 Å². The standard InChI is InChI=1S/C15H17N5O2/c1-10-6-11(12-7-16-9-20(12)8-10)19-4-2-15(3-5-19)13(21)17-14(22)18-15/h6-9H,2-5H2,1H3,(H2,17,18,21,22). The highest BCUT2D eigenvalue weighted by Crippen LogP contribution is 2.31. The second kappa shape index (κ2) is 4.46. The first-order valence-electron chi connectivity index (χ1n) is 7.38. The topological polar surface area (TPSA) is 78.7 Å². The van der Waals surface area contributed by atoms with Gasteiger partial charge in [-0.25, -0.2) is 9.78 Å². The monoisotopic (exact) mass is 299 g/mol. The lowest BCUT2D eigenvalue weighted by molar-refractivity contribution is -0.124. The first-order valence-corrected chi connectivity index (χ1v) is 7.38. The van der Waals surface area contributed by atoms with Crippen molar-refractivity contribution in [2.75, 3.05) is 18.0 Å². The van der Waals surface area contributed by atoms with E-state index in [0.29, 0.717) is 12.8 Å². The number of carbonyl (C=O) groups excluding carboxylic acids is 2. The third-order valence-electron chi connectivity index (χ3n) is 4.61. The summed E-state index contributed by atoms with van der Waals surface area (Å²) in [7, 11) is 0. The molecule has 4 rings (SSSR count). The Labute approximate surface area is 127 Å². The molecule has 2 aromatic rings. The number of hydrogen-bond donors (Lipinski definition) is 2. The molecule has 22 heavy (non-hydrogen) atoms. The van der Waals surface area contributed by atoms with Crippen molar-refractivity contribution in [3.8, 4) is 0 Å². The van der Waals surface area contributed by atoms with Crippen molar-refractivity contribution >= 4 is 23.1 Å². The summed E-state index contributed by atoms with van der Waals surface area (Å²) in [6.45, 7) is 3.50. The second-order valence-electron chi connectivity index (χ2n) is 6.07. The van der Waals surface area contributed by atoms with Gasteiger partial charge in [-0.15, -0.1) is 0 Å². The van der Waals surface area contributed by atoms with Gasteiger partial charge in [0.2, 0.25) is 0 Å². The van der Waals surface area contributed by atoms with Crippen LogP contribution in [0.1, 0.15) is 18.4 Å². The van der Waals surface area contributed by atoms with Crippen molar-refractivity contribution in [3.05, 3.63) is 30.4 Å². The molecular weight excluding hydrogens is 282 g/mol. The normalized spacial score (nSPS) is 20.5. The Hall–Kier alpha value is -2.57. The molecule has 0 atom stereocenters. The highest BCUT2D eigenvalue weighted by molar-refractivity contribution is 6.07. The van der Waals surface area contributed by atoms with Crippen LogP contribution in [-0.4, -0.2) is 40.0 Å². The molecule has 7 nitrogen and oxygen atoms in total. The first kappa shape index (κ1) is 13.1. The number of pyridine rings is 1. The number of rotatable bonds is 1. The van der Waals surface area contributed by atoms with Crippen LogP contribution in [0.15, 0.2) is 24.8 Å². The van der Waals surface area contributed by atoms with Gasteiger partial charge in [-0.1, -0.05) is 0 Å². The van der Waals surface area contributed by atoms with Crippen molar-refractivity contribution in [3.63, 3.8) is 0 Å². The van der Waals surface area contributed by atoms with Gasteiger partial charge in [-0.2, -0.15) is 0 Å². The smallest absolute Gasteiger partial charge is 0.322 e. The van der Waals surface area contributed by atoms with E-state index in [1.807, 2.05) is 16.8 Å². The summed E-state index contributed by atoms with van der Waals surface area (Å²) in [6, 6.07) is 1.76. The van der Waals surface area contributed by atoms with Crippen LogP contribution in [0.25, 0.3) is 5.52 Å². The van der Waals surface area contributed by atoms with E-state index in [9.17, 15) is 9.59 Å². The number of anilines is 1. The van der Waals surface area contributed by atoms with Crippen LogP contribution in [0, 0.1) is 6.92 Å². The highest BCUT2D eigenvalue weighted by atomic mass is 16.2. The third-order valence-corrected chi connectivity index (χ3v) is 4.61. The average Bonchev–Trinajstić information content (AvgIpc) is 3.04. The molecular formula is C15H17N5O2. The summed E-state index contributed by atoms with van der Waals surface area (Å²) >= 11 is 0. The van der Waals surface area contributed by atoms with E-state index in [1.165, 1.54) is 0 Å². The lowest BCUT2D eigenvalue weighted by Crippen LogP contribution is -2.55. The van der Waals surface area contributed by atoms with Crippen molar-refractivity contribution in [2.24, 2.45) is 0 Å². The predicted octanol–water partition coefficient (Wildman–Crippen LogP) is 0.821. The highest BCUT2D eigenvalue weighted by Gasteiger charge is 2.47. The maximum Gasteiger partial charge on any atom is 0.322 e. The van der Waals surface area contributed by atoms with Gasteiger partial charge in [-0.05, 0) is 31.4 Å². The summed E-state index contributed by atoms with van der Waals surface area (Å²) < 4.78 is 2.01. The Kier molecular flexibility index (Phi) is 2.66. The molecule has 0 saturated carbocycles. The maximum absolute atomic E-state index is 12.0. The van der Waals surface area contributed by atoms with Gasteiger partial charge < -0.3 is 14.6 Å². The number of imide groups is 1. The molecule has 0 aromatic carbocycles. The van der Waals surface area contributed by atoms with Crippen LogP contribution >= 0.6 is 0 Å². The summed E-state index contributed by atoms with van der Waals surface area (Å²) in [5.74, 6) is -0.198. The fourth-order valence-corrected chi connectivity index (χ4v) is 3.41. The van der Waals surface area contributed by atoms with Crippen LogP contribution in [0.3, 0.4) is 0 Å². The summed E-state index contributed by atoms with van der Waals surface area (Å²) in [4.78, 5) is 29.9. The Bertz CT molecular complexity index is 773. The van der Waals surface area contributed by atoms with Crippen LogP contribution < -0.4 is 15.5 Å². The quantitative estimate of drug-likeness (QED) is 0.764. The number of carbonyl (C=O) groups is 2. The number of piperidine rings is 1. The Morgan fingerprint density at radius 1 is 1.27 bits per heavy atom. The number of imidazole rings is 1. The van der Waals surface area contributed by atoms with Gasteiger partial charge in [0.1, 0.15) is 5.54 Å². The number of nitrogens with zero attached hydrogens (tertiary/aromatic N) is 3. The second-order valence-corrected chi connectivity index (χ2v) is 6.07. The molecule has 2 aliphatic heterocycles. The molecule has 0 radical (unpaired) electrons. The zero-order chi connectivity index (χ0) is 15.3. The van der Waals surface area contributed by atoms with Gasteiger partial charge in [-0.3, -0.25) is 10.1 Å². The minimum absolute atomic E-state index is 0.198. The van der Waals surface area contributed by atoms with Crippen LogP contribution in [0.4, 0.5) is 10.5 Å². The fraction of sp³-hybridized carbons (Fsp3) is 0.400. The number of fused-ring (bicyclic) bond motifs is 1. The molecule has 0 bridgehead atoms. The molecule has 2 aliphatic rings.